The van der Waals surface area contributed by atoms with Crippen molar-refractivity contribution in [2.45, 2.75) is 46.4 Å². The summed E-state index contributed by atoms with van der Waals surface area (Å²) in [5.41, 5.74) is 1.27. The quantitative estimate of drug-likeness (QED) is 0.754. The van der Waals surface area contributed by atoms with Gasteiger partial charge >= 0.3 is 0 Å². The van der Waals surface area contributed by atoms with E-state index in [1.165, 1.54) is 5.56 Å². The lowest BCUT2D eigenvalue weighted by Gasteiger charge is -2.29. The molecule has 20 heavy (non-hydrogen) atoms. The molecule has 0 spiro atoms. The molecule has 0 bridgehead atoms. The van der Waals surface area contributed by atoms with E-state index in [1.54, 1.807) is 0 Å². The predicted molar refractivity (Wildman–Crippen MR) is 83.7 cm³/mol. The van der Waals surface area contributed by atoms with E-state index < -0.39 is 6.10 Å². The third kappa shape index (κ3) is 7.04. The predicted octanol–water partition coefficient (Wildman–Crippen LogP) is 2.93. The van der Waals surface area contributed by atoms with E-state index in [-0.39, 0.29) is 0 Å². The van der Waals surface area contributed by atoms with Crippen LogP contribution in [-0.4, -0.2) is 41.9 Å². The average Bonchev–Trinajstić information content (AvgIpc) is 2.38. The maximum Gasteiger partial charge on any atom is 0.0900 e. The van der Waals surface area contributed by atoms with Gasteiger partial charge in [0.25, 0.3) is 0 Å². The molecule has 0 heterocycles. The fourth-order valence-corrected chi connectivity index (χ4v) is 2.04. The van der Waals surface area contributed by atoms with Gasteiger partial charge in [-0.15, -0.1) is 0 Å². The number of rotatable bonds is 9. The van der Waals surface area contributed by atoms with E-state index in [9.17, 15) is 5.11 Å². The average molecular weight is 279 g/mol. The Morgan fingerprint density at radius 3 is 2.25 bits per heavy atom. The van der Waals surface area contributed by atoms with Crippen LogP contribution in [0.3, 0.4) is 0 Å². The van der Waals surface area contributed by atoms with E-state index in [2.05, 4.69) is 56.9 Å². The van der Waals surface area contributed by atoms with Gasteiger partial charge in [-0.2, -0.15) is 0 Å². The molecule has 0 aliphatic carbocycles. The van der Waals surface area contributed by atoms with Gasteiger partial charge in [-0.05, 0) is 25.3 Å². The molecule has 1 aromatic rings. The molecule has 0 saturated carbocycles. The first-order chi connectivity index (χ1) is 9.49. The van der Waals surface area contributed by atoms with Crippen LogP contribution in [0, 0.1) is 5.92 Å². The molecule has 1 N–H and O–H groups in total. The number of aliphatic hydroxyl groups excluding tert-OH is 1. The Balaban J connectivity index is 2.42. The highest BCUT2D eigenvalue weighted by Gasteiger charge is 2.15. The van der Waals surface area contributed by atoms with Crippen molar-refractivity contribution in [1.82, 2.24) is 4.90 Å². The number of aliphatic hydroxyl groups is 1. The monoisotopic (exact) mass is 279 g/mol. The smallest absolute Gasteiger partial charge is 0.0900 e. The minimum absolute atomic E-state index is 0.398. The van der Waals surface area contributed by atoms with Crippen LogP contribution >= 0.6 is 0 Å². The second kappa shape index (κ2) is 9.11. The molecule has 3 nitrogen and oxygen atoms in total. The van der Waals surface area contributed by atoms with Gasteiger partial charge in [0.05, 0.1) is 12.7 Å². The maximum atomic E-state index is 10.1. The van der Waals surface area contributed by atoms with E-state index in [0.29, 0.717) is 31.7 Å². The van der Waals surface area contributed by atoms with Gasteiger partial charge < -0.3 is 9.84 Å². The topological polar surface area (TPSA) is 32.7 Å². The van der Waals surface area contributed by atoms with Gasteiger partial charge in [0.15, 0.2) is 0 Å². The Morgan fingerprint density at radius 2 is 1.70 bits per heavy atom. The molecule has 3 heteroatoms. The van der Waals surface area contributed by atoms with Crippen LogP contribution in [-0.2, 0) is 11.3 Å². The van der Waals surface area contributed by atoms with Crippen LogP contribution < -0.4 is 0 Å². The van der Waals surface area contributed by atoms with Gasteiger partial charge in [0, 0.05) is 25.7 Å². The van der Waals surface area contributed by atoms with Gasteiger partial charge in [0.1, 0.15) is 0 Å². The highest BCUT2D eigenvalue weighted by atomic mass is 16.5. The van der Waals surface area contributed by atoms with Gasteiger partial charge in [-0.3, -0.25) is 4.90 Å². The highest BCUT2D eigenvalue weighted by Crippen LogP contribution is 2.09. The fourth-order valence-electron chi connectivity index (χ4n) is 2.04. The molecule has 1 aromatic carbocycles. The van der Waals surface area contributed by atoms with Crippen molar-refractivity contribution in [2.75, 3.05) is 19.8 Å². The van der Waals surface area contributed by atoms with Crippen LogP contribution in [0.4, 0.5) is 0 Å². The Hall–Kier alpha value is -0.900. The zero-order valence-electron chi connectivity index (χ0n) is 13.2. The van der Waals surface area contributed by atoms with Crippen molar-refractivity contribution in [3.63, 3.8) is 0 Å². The van der Waals surface area contributed by atoms with Gasteiger partial charge in [-0.1, -0.05) is 44.2 Å². The first-order valence-electron chi connectivity index (χ1n) is 7.52. The third-order valence-corrected chi connectivity index (χ3v) is 3.17. The molecule has 0 aliphatic heterocycles. The van der Waals surface area contributed by atoms with E-state index >= 15 is 0 Å². The van der Waals surface area contributed by atoms with Crippen LogP contribution in [0.2, 0.25) is 0 Å². The Morgan fingerprint density at radius 1 is 1.05 bits per heavy atom. The normalized spacial score (nSPS) is 13.4. The molecule has 0 fully saturated rings. The molecule has 1 atom stereocenters. The van der Waals surface area contributed by atoms with E-state index in [4.69, 9.17) is 4.74 Å². The molecule has 0 radical (unpaired) electrons. The summed E-state index contributed by atoms with van der Waals surface area (Å²) in [6.45, 7) is 11.2. The summed E-state index contributed by atoms with van der Waals surface area (Å²) in [7, 11) is 0. The number of hydrogen-bond donors (Lipinski definition) is 1. The minimum Gasteiger partial charge on any atom is -0.389 e. The van der Waals surface area contributed by atoms with Crippen LogP contribution in [0.1, 0.15) is 33.3 Å². The zero-order chi connectivity index (χ0) is 15.0. The molecule has 0 amide bonds. The SMILES string of the molecule is CC(C)COCC(O)CN(Cc1ccccc1)C(C)C. The summed E-state index contributed by atoms with van der Waals surface area (Å²) < 4.78 is 5.51. The number of nitrogens with zero attached hydrogens (tertiary/aromatic N) is 1. The molecular formula is C17H29NO2. The van der Waals surface area contributed by atoms with Gasteiger partial charge in [0.2, 0.25) is 0 Å². The largest absolute Gasteiger partial charge is 0.389 e. The summed E-state index contributed by atoms with van der Waals surface area (Å²) in [5, 5.41) is 10.1. The second-order valence-corrected chi connectivity index (χ2v) is 6.09. The maximum absolute atomic E-state index is 10.1. The first-order valence-corrected chi connectivity index (χ1v) is 7.52. The van der Waals surface area contributed by atoms with Crippen molar-refractivity contribution in [3.05, 3.63) is 35.9 Å². The molecule has 0 aliphatic rings. The fraction of sp³-hybridized carbons (Fsp3) is 0.647. The van der Waals surface area contributed by atoms with Gasteiger partial charge in [-0.25, -0.2) is 0 Å². The number of ether oxygens (including phenoxy) is 1. The Bertz CT molecular complexity index is 351. The van der Waals surface area contributed by atoms with Crippen LogP contribution in [0.5, 0.6) is 0 Å². The van der Waals surface area contributed by atoms with Crippen molar-refractivity contribution in [3.8, 4) is 0 Å². The number of hydrogen-bond acceptors (Lipinski definition) is 3. The Labute approximate surface area is 123 Å². The molecule has 114 valence electrons. The van der Waals surface area contributed by atoms with E-state index in [0.717, 1.165) is 6.54 Å². The molecule has 0 aromatic heterocycles. The van der Waals surface area contributed by atoms with Crippen molar-refractivity contribution in [2.24, 2.45) is 5.92 Å². The third-order valence-electron chi connectivity index (χ3n) is 3.17. The van der Waals surface area contributed by atoms with Crippen LogP contribution in [0.15, 0.2) is 30.3 Å². The standard InChI is InChI=1S/C17H29NO2/c1-14(2)12-20-13-17(19)11-18(15(3)4)10-16-8-6-5-7-9-16/h5-9,14-15,17,19H,10-13H2,1-4H3. The summed E-state index contributed by atoms with van der Waals surface area (Å²) in [6.07, 6.45) is -0.431. The Kier molecular flexibility index (Phi) is 7.82. The summed E-state index contributed by atoms with van der Waals surface area (Å²) in [6, 6.07) is 10.8. The molecule has 1 unspecified atom stereocenters. The van der Waals surface area contributed by atoms with E-state index in [1.807, 2.05) is 6.07 Å². The zero-order valence-corrected chi connectivity index (χ0v) is 13.2. The highest BCUT2D eigenvalue weighted by molar-refractivity contribution is 5.14. The summed E-state index contributed by atoms with van der Waals surface area (Å²) >= 11 is 0. The molecule has 1 rings (SSSR count). The van der Waals surface area contributed by atoms with Crippen molar-refractivity contribution < 1.29 is 9.84 Å². The molecule has 0 saturated heterocycles. The summed E-state index contributed by atoms with van der Waals surface area (Å²) in [4.78, 5) is 2.28. The lowest BCUT2D eigenvalue weighted by molar-refractivity contribution is 0.00174. The lowest BCUT2D eigenvalue weighted by Crippen LogP contribution is -2.39. The summed E-state index contributed by atoms with van der Waals surface area (Å²) in [5.74, 6) is 0.507. The number of benzene rings is 1. The molecular weight excluding hydrogens is 250 g/mol. The van der Waals surface area contributed by atoms with Crippen molar-refractivity contribution >= 4 is 0 Å². The lowest BCUT2D eigenvalue weighted by atomic mass is 10.1. The van der Waals surface area contributed by atoms with Crippen molar-refractivity contribution in [1.29, 1.82) is 0 Å². The first kappa shape index (κ1) is 17.2. The van der Waals surface area contributed by atoms with Crippen LogP contribution in [0.25, 0.3) is 0 Å². The minimum atomic E-state index is -0.431. The second-order valence-electron chi connectivity index (χ2n) is 6.09.